The number of amides is 1. The number of carboxylic acids is 1. The lowest BCUT2D eigenvalue weighted by Gasteiger charge is -2.17. The van der Waals surface area contributed by atoms with E-state index in [2.05, 4.69) is 10.3 Å². The highest BCUT2D eigenvalue weighted by molar-refractivity contribution is 7.13. The van der Waals surface area contributed by atoms with Crippen LogP contribution in [-0.2, 0) is 16.0 Å². The van der Waals surface area contributed by atoms with Crippen molar-refractivity contribution in [2.24, 2.45) is 0 Å². The number of nitrogens with zero attached hydrogens (tertiary/aromatic N) is 1. The SMILES string of the molecule is CCc1cc2c(=O)c(-c3nc(C)cs3)coc2cc1O[C@H](C)C(=O)NCCCCCC(=O)O. The number of aliphatic carboxylic acids is 1. The van der Waals surface area contributed by atoms with E-state index in [9.17, 15) is 14.4 Å². The van der Waals surface area contributed by atoms with E-state index < -0.39 is 12.1 Å². The number of hydrogen-bond acceptors (Lipinski definition) is 7. The van der Waals surface area contributed by atoms with E-state index in [1.165, 1.54) is 17.6 Å². The second-order valence-electron chi connectivity index (χ2n) is 7.84. The minimum Gasteiger partial charge on any atom is -0.481 e. The van der Waals surface area contributed by atoms with Gasteiger partial charge in [-0.25, -0.2) is 4.98 Å². The van der Waals surface area contributed by atoms with Gasteiger partial charge in [0.05, 0.1) is 10.9 Å². The molecule has 0 spiro atoms. The standard InChI is InChI=1S/C24H28N2O6S/c1-4-16-10-17-20(31-12-18(22(17)29)24-26-14(2)13-33-24)11-19(16)32-15(3)23(30)25-9-7-5-6-8-21(27)28/h10-13,15H,4-9H2,1-3H3,(H,25,30)(H,27,28)/t15-/m1/s1. The summed E-state index contributed by atoms with van der Waals surface area (Å²) < 4.78 is 11.6. The number of thiazole rings is 1. The molecule has 9 heteroatoms. The fourth-order valence-electron chi connectivity index (χ4n) is 3.39. The molecular weight excluding hydrogens is 444 g/mol. The van der Waals surface area contributed by atoms with Gasteiger partial charge in [0.15, 0.2) is 6.10 Å². The van der Waals surface area contributed by atoms with Crippen LogP contribution in [0.2, 0.25) is 0 Å². The van der Waals surface area contributed by atoms with Crippen LogP contribution in [0.4, 0.5) is 0 Å². The van der Waals surface area contributed by atoms with Gasteiger partial charge in [-0.15, -0.1) is 11.3 Å². The summed E-state index contributed by atoms with van der Waals surface area (Å²) in [5.41, 5.74) is 2.30. The Hall–Kier alpha value is -3.20. The summed E-state index contributed by atoms with van der Waals surface area (Å²) in [4.78, 5) is 40.4. The fraction of sp³-hybridized carbons (Fsp3) is 0.417. The van der Waals surface area contributed by atoms with Crippen LogP contribution in [0.3, 0.4) is 0 Å². The molecule has 0 aliphatic heterocycles. The zero-order valence-corrected chi connectivity index (χ0v) is 19.8. The smallest absolute Gasteiger partial charge is 0.303 e. The Balaban J connectivity index is 1.70. The predicted molar refractivity (Wildman–Crippen MR) is 127 cm³/mol. The van der Waals surface area contributed by atoms with E-state index in [1.807, 2.05) is 19.2 Å². The minimum atomic E-state index is -0.812. The Morgan fingerprint density at radius 1 is 1.27 bits per heavy atom. The molecule has 0 bridgehead atoms. The molecule has 0 aliphatic rings. The zero-order chi connectivity index (χ0) is 24.0. The second-order valence-corrected chi connectivity index (χ2v) is 8.70. The number of fused-ring (bicyclic) bond motifs is 1. The highest BCUT2D eigenvalue weighted by Gasteiger charge is 2.19. The molecule has 2 N–H and O–H groups in total. The zero-order valence-electron chi connectivity index (χ0n) is 19.0. The van der Waals surface area contributed by atoms with Crippen LogP contribution in [0.25, 0.3) is 21.5 Å². The number of ether oxygens (including phenoxy) is 1. The number of rotatable bonds is 11. The average Bonchev–Trinajstić information content (AvgIpc) is 3.21. The van der Waals surface area contributed by atoms with Crippen LogP contribution in [0, 0.1) is 6.92 Å². The highest BCUT2D eigenvalue weighted by Crippen LogP contribution is 2.29. The third kappa shape index (κ3) is 6.19. The first-order valence-electron chi connectivity index (χ1n) is 11.0. The monoisotopic (exact) mass is 472 g/mol. The van der Waals surface area contributed by atoms with Crippen molar-refractivity contribution in [3.8, 4) is 16.3 Å². The predicted octanol–water partition coefficient (Wildman–Crippen LogP) is 4.32. The van der Waals surface area contributed by atoms with Crippen LogP contribution in [-0.4, -0.2) is 34.6 Å². The van der Waals surface area contributed by atoms with Gasteiger partial charge >= 0.3 is 5.97 Å². The molecule has 33 heavy (non-hydrogen) atoms. The number of carbonyl (C=O) groups excluding carboxylic acids is 1. The number of hydrogen-bond donors (Lipinski definition) is 2. The summed E-state index contributed by atoms with van der Waals surface area (Å²) >= 11 is 1.40. The van der Waals surface area contributed by atoms with E-state index in [1.54, 1.807) is 19.1 Å². The van der Waals surface area contributed by atoms with Gasteiger partial charge in [-0.2, -0.15) is 0 Å². The molecule has 0 aliphatic carbocycles. The van der Waals surface area contributed by atoms with Crippen molar-refractivity contribution in [1.29, 1.82) is 0 Å². The van der Waals surface area contributed by atoms with Gasteiger partial charge in [-0.05, 0) is 44.7 Å². The molecule has 2 heterocycles. The highest BCUT2D eigenvalue weighted by atomic mass is 32.1. The fourth-order valence-corrected chi connectivity index (χ4v) is 4.19. The topological polar surface area (TPSA) is 119 Å². The molecule has 2 aromatic heterocycles. The van der Waals surface area contributed by atoms with Crippen molar-refractivity contribution in [2.45, 2.75) is 59.0 Å². The molecule has 0 unspecified atom stereocenters. The van der Waals surface area contributed by atoms with Crippen LogP contribution in [0.15, 0.2) is 33.0 Å². The number of aryl methyl sites for hydroxylation is 2. The number of benzene rings is 1. The van der Waals surface area contributed by atoms with Crippen LogP contribution < -0.4 is 15.5 Å². The maximum Gasteiger partial charge on any atom is 0.303 e. The molecule has 3 rings (SSSR count). The van der Waals surface area contributed by atoms with Crippen LogP contribution >= 0.6 is 11.3 Å². The van der Waals surface area contributed by atoms with E-state index in [-0.39, 0.29) is 17.8 Å². The Labute approximate surface area is 195 Å². The van der Waals surface area contributed by atoms with Gasteiger partial charge in [-0.3, -0.25) is 14.4 Å². The molecule has 3 aromatic rings. The van der Waals surface area contributed by atoms with Gasteiger partial charge in [0, 0.05) is 30.1 Å². The summed E-state index contributed by atoms with van der Waals surface area (Å²) in [5.74, 6) is -0.574. The number of carbonyl (C=O) groups is 2. The van der Waals surface area contributed by atoms with Crippen molar-refractivity contribution in [3.05, 3.63) is 45.3 Å². The Bertz CT molecular complexity index is 1200. The molecule has 0 saturated heterocycles. The molecule has 0 radical (unpaired) electrons. The van der Waals surface area contributed by atoms with Crippen molar-refractivity contribution in [1.82, 2.24) is 10.3 Å². The summed E-state index contributed by atoms with van der Waals surface area (Å²) in [6.45, 7) is 5.94. The number of carboxylic acid groups (broad SMARTS) is 1. The van der Waals surface area contributed by atoms with Crippen molar-refractivity contribution < 1.29 is 23.8 Å². The molecule has 8 nitrogen and oxygen atoms in total. The summed E-state index contributed by atoms with van der Waals surface area (Å²) in [5, 5.41) is 14.4. The Morgan fingerprint density at radius 2 is 2.06 bits per heavy atom. The van der Waals surface area contributed by atoms with Gasteiger partial charge in [0.2, 0.25) is 5.43 Å². The first kappa shape index (κ1) is 24.4. The number of nitrogens with one attached hydrogen (secondary N) is 1. The lowest BCUT2D eigenvalue weighted by atomic mass is 10.1. The molecule has 1 amide bonds. The lowest BCUT2D eigenvalue weighted by molar-refractivity contribution is -0.137. The first-order valence-corrected chi connectivity index (χ1v) is 11.8. The summed E-state index contributed by atoms with van der Waals surface area (Å²) in [6.07, 6.45) is 3.44. The van der Waals surface area contributed by atoms with Crippen molar-refractivity contribution in [3.63, 3.8) is 0 Å². The third-order valence-electron chi connectivity index (χ3n) is 5.23. The molecule has 0 saturated carbocycles. The normalized spacial score (nSPS) is 12.0. The average molecular weight is 473 g/mol. The molecule has 1 aromatic carbocycles. The maximum absolute atomic E-state index is 13.0. The van der Waals surface area contributed by atoms with Gasteiger partial charge in [0.25, 0.3) is 5.91 Å². The van der Waals surface area contributed by atoms with Crippen molar-refractivity contribution >= 4 is 34.2 Å². The van der Waals surface area contributed by atoms with E-state index in [0.717, 1.165) is 17.7 Å². The van der Waals surface area contributed by atoms with Crippen LogP contribution in [0.5, 0.6) is 5.75 Å². The quantitative estimate of drug-likeness (QED) is 0.399. The first-order chi connectivity index (χ1) is 15.8. The van der Waals surface area contributed by atoms with Gasteiger partial charge in [0.1, 0.15) is 22.6 Å². The van der Waals surface area contributed by atoms with Crippen molar-refractivity contribution in [2.75, 3.05) is 6.54 Å². The largest absolute Gasteiger partial charge is 0.481 e. The Kier molecular flexibility index (Phi) is 8.21. The van der Waals surface area contributed by atoms with E-state index in [0.29, 0.717) is 53.1 Å². The summed E-state index contributed by atoms with van der Waals surface area (Å²) in [6, 6.07) is 3.41. The van der Waals surface area contributed by atoms with Gasteiger partial charge < -0.3 is 19.6 Å². The second kappa shape index (κ2) is 11.1. The number of unbranched alkanes of at least 4 members (excludes halogenated alkanes) is 2. The minimum absolute atomic E-state index is 0.135. The maximum atomic E-state index is 13.0. The molecule has 1 atom stereocenters. The summed E-state index contributed by atoms with van der Waals surface area (Å²) in [7, 11) is 0. The molecule has 0 fully saturated rings. The third-order valence-corrected chi connectivity index (χ3v) is 6.22. The molecular formula is C24H28N2O6S. The van der Waals surface area contributed by atoms with Gasteiger partial charge in [-0.1, -0.05) is 13.3 Å². The van der Waals surface area contributed by atoms with Crippen LogP contribution in [0.1, 0.15) is 50.8 Å². The van der Waals surface area contributed by atoms with E-state index in [4.69, 9.17) is 14.3 Å². The lowest BCUT2D eigenvalue weighted by Crippen LogP contribution is -2.37. The molecule has 176 valence electrons. The van der Waals surface area contributed by atoms with E-state index >= 15 is 0 Å². The number of aromatic nitrogens is 1. The Morgan fingerprint density at radius 3 is 2.73 bits per heavy atom.